The average Bonchev–Trinajstić information content (AvgIpc) is 3.43. The molecule has 164 valence electrons. The van der Waals surface area contributed by atoms with E-state index in [0.717, 1.165) is 37.7 Å². The van der Waals surface area contributed by atoms with Gasteiger partial charge in [-0.3, -0.25) is 9.78 Å². The van der Waals surface area contributed by atoms with Gasteiger partial charge in [-0.1, -0.05) is 17.7 Å². The molecule has 0 atom stereocenters. The summed E-state index contributed by atoms with van der Waals surface area (Å²) in [6, 6.07) is 10.7. The highest BCUT2D eigenvalue weighted by Gasteiger charge is 2.34. The van der Waals surface area contributed by atoms with E-state index in [4.69, 9.17) is 11.6 Å². The van der Waals surface area contributed by atoms with E-state index in [2.05, 4.69) is 9.97 Å². The number of sulfonamides is 1. The number of carbonyl (C=O) groups excluding carboxylic acids is 1. The van der Waals surface area contributed by atoms with E-state index < -0.39 is 10.0 Å². The molecule has 0 aliphatic carbocycles. The quantitative estimate of drug-likeness (QED) is 0.408. The van der Waals surface area contributed by atoms with Crippen molar-refractivity contribution >= 4 is 60.3 Å². The molecule has 4 heterocycles. The molecule has 0 unspecified atom stereocenters. The van der Waals surface area contributed by atoms with Crippen LogP contribution in [0.5, 0.6) is 0 Å². The van der Waals surface area contributed by atoms with E-state index in [1.165, 1.54) is 15.6 Å². The van der Waals surface area contributed by atoms with Gasteiger partial charge >= 0.3 is 0 Å². The first-order valence-electron chi connectivity index (χ1n) is 9.72. The lowest BCUT2D eigenvalue weighted by Crippen LogP contribution is -2.51. The molecule has 0 saturated carbocycles. The SMILES string of the molecule is O=C1CN(S(=O)(=O)c2cc3ccc(Cl)cc3s2)CCN1Cc1nc(-c2cccnc2)cs1. The van der Waals surface area contributed by atoms with E-state index >= 15 is 0 Å². The third-order valence-corrected chi connectivity index (χ3v) is 9.63. The number of benzene rings is 1. The molecule has 1 aromatic carbocycles. The number of halogens is 1. The summed E-state index contributed by atoms with van der Waals surface area (Å²) in [7, 11) is -3.76. The van der Waals surface area contributed by atoms with E-state index in [-0.39, 0.29) is 23.2 Å². The van der Waals surface area contributed by atoms with Crippen molar-refractivity contribution in [1.82, 2.24) is 19.2 Å². The van der Waals surface area contributed by atoms with E-state index in [1.54, 1.807) is 41.6 Å². The summed E-state index contributed by atoms with van der Waals surface area (Å²) in [5, 5.41) is 4.11. The van der Waals surface area contributed by atoms with Gasteiger partial charge in [-0.2, -0.15) is 4.31 Å². The highest BCUT2D eigenvalue weighted by Crippen LogP contribution is 2.33. The standard InChI is InChI=1S/C21H17ClN4O3S3/c22-16-4-3-14-8-21(31-18(14)9-16)32(28,29)26-7-6-25(20(27)12-26)11-19-24-17(13-30-19)15-2-1-5-23-10-15/h1-5,8-10,13H,6-7,11-12H2. The van der Waals surface area contributed by atoms with Crippen LogP contribution in [0.2, 0.25) is 5.02 Å². The van der Waals surface area contributed by atoms with Crippen molar-refractivity contribution in [2.24, 2.45) is 0 Å². The summed E-state index contributed by atoms with van der Waals surface area (Å²) in [4.78, 5) is 23.1. The third-order valence-electron chi connectivity index (χ3n) is 5.17. The highest BCUT2D eigenvalue weighted by atomic mass is 35.5. The number of nitrogens with zero attached hydrogens (tertiary/aromatic N) is 4. The van der Waals surface area contributed by atoms with Gasteiger partial charge in [0.1, 0.15) is 9.22 Å². The number of hydrogen-bond donors (Lipinski definition) is 0. The molecule has 7 nitrogen and oxygen atoms in total. The average molecular weight is 505 g/mol. The van der Waals surface area contributed by atoms with E-state index in [0.29, 0.717) is 18.1 Å². The zero-order valence-electron chi connectivity index (χ0n) is 16.6. The van der Waals surface area contributed by atoms with Crippen LogP contribution in [0.3, 0.4) is 0 Å². The molecule has 1 aliphatic rings. The lowest BCUT2D eigenvalue weighted by atomic mass is 10.2. The first kappa shape index (κ1) is 21.5. The zero-order chi connectivity index (χ0) is 22.3. The number of carbonyl (C=O) groups is 1. The number of aromatic nitrogens is 2. The number of piperazine rings is 1. The van der Waals surface area contributed by atoms with Gasteiger partial charge in [-0.05, 0) is 35.7 Å². The van der Waals surface area contributed by atoms with Gasteiger partial charge in [0.05, 0.1) is 18.8 Å². The maximum Gasteiger partial charge on any atom is 0.253 e. The minimum absolute atomic E-state index is 0.182. The second kappa shape index (κ2) is 8.53. The molecular formula is C21H17ClN4O3S3. The normalized spacial score (nSPS) is 15.5. The predicted octanol–water partition coefficient (Wildman–Crippen LogP) is 4.11. The maximum atomic E-state index is 13.1. The van der Waals surface area contributed by atoms with Crippen molar-refractivity contribution in [2.75, 3.05) is 19.6 Å². The second-order valence-electron chi connectivity index (χ2n) is 7.27. The molecule has 32 heavy (non-hydrogen) atoms. The fourth-order valence-corrected chi connectivity index (χ4v) is 7.52. The van der Waals surface area contributed by atoms with Gasteiger partial charge < -0.3 is 4.90 Å². The minimum Gasteiger partial charge on any atom is -0.333 e. The molecule has 0 spiro atoms. The van der Waals surface area contributed by atoms with Crippen LogP contribution in [0, 0.1) is 0 Å². The van der Waals surface area contributed by atoms with Crippen LogP contribution in [0.25, 0.3) is 21.3 Å². The lowest BCUT2D eigenvalue weighted by molar-refractivity contribution is -0.134. The minimum atomic E-state index is -3.76. The van der Waals surface area contributed by atoms with Crippen molar-refractivity contribution in [2.45, 2.75) is 10.8 Å². The van der Waals surface area contributed by atoms with Crippen LogP contribution < -0.4 is 0 Å². The van der Waals surface area contributed by atoms with Crippen LogP contribution in [0.1, 0.15) is 5.01 Å². The molecule has 0 N–H and O–H groups in total. The Bertz CT molecular complexity index is 1400. The molecule has 1 amide bonds. The van der Waals surface area contributed by atoms with Gasteiger partial charge in [0.25, 0.3) is 10.0 Å². The molecule has 4 aromatic rings. The third kappa shape index (κ3) is 4.16. The Labute approximate surface area is 198 Å². The molecule has 1 saturated heterocycles. The summed E-state index contributed by atoms with van der Waals surface area (Å²) in [6.45, 7) is 0.734. The molecule has 0 bridgehead atoms. The predicted molar refractivity (Wildman–Crippen MR) is 126 cm³/mol. The molecule has 11 heteroatoms. The van der Waals surface area contributed by atoms with Gasteiger partial charge in [-0.25, -0.2) is 13.4 Å². The number of fused-ring (bicyclic) bond motifs is 1. The van der Waals surface area contributed by atoms with Gasteiger partial charge in [0.15, 0.2) is 0 Å². The van der Waals surface area contributed by atoms with Crippen LogP contribution >= 0.6 is 34.3 Å². The Morgan fingerprint density at radius 2 is 2.03 bits per heavy atom. The van der Waals surface area contributed by atoms with Crippen LogP contribution in [0.15, 0.2) is 58.4 Å². The molecule has 0 radical (unpaired) electrons. The number of amides is 1. The summed E-state index contributed by atoms with van der Waals surface area (Å²) >= 11 is 8.66. The summed E-state index contributed by atoms with van der Waals surface area (Å²) in [5.74, 6) is -0.234. The number of rotatable bonds is 5. The Balaban J connectivity index is 1.28. The van der Waals surface area contributed by atoms with Crippen LogP contribution in [-0.4, -0.2) is 53.1 Å². The number of pyridine rings is 1. The van der Waals surface area contributed by atoms with Crippen molar-refractivity contribution < 1.29 is 13.2 Å². The van der Waals surface area contributed by atoms with Crippen LogP contribution in [-0.2, 0) is 21.4 Å². The first-order chi connectivity index (χ1) is 15.4. The maximum absolute atomic E-state index is 13.1. The topological polar surface area (TPSA) is 83.5 Å². The molecule has 1 aliphatic heterocycles. The number of thiazole rings is 1. The summed E-state index contributed by atoms with van der Waals surface area (Å²) in [5.41, 5.74) is 1.73. The fraction of sp³-hybridized carbons (Fsp3) is 0.190. The molecule has 3 aromatic heterocycles. The van der Waals surface area contributed by atoms with Gasteiger partial charge in [0.2, 0.25) is 5.91 Å². The summed E-state index contributed by atoms with van der Waals surface area (Å²) < 4.78 is 28.5. The zero-order valence-corrected chi connectivity index (χ0v) is 19.8. The van der Waals surface area contributed by atoms with Crippen molar-refractivity contribution in [1.29, 1.82) is 0 Å². The van der Waals surface area contributed by atoms with Gasteiger partial charge in [-0.15, -0.1) is 22.7 Å². The number of hydrogen-bond acceptors (Lipinski definition) is 7. The largest absolute Gasteiger partial charge is 0.333 e. The Hall–Kier alpha value is -2.37. The Morgan fingerprint density at radius 1 is 1.16 bits per heavy atom. The first-order valence-corrected chi connectivity index (χ1v) is 13.2. The molecule has 1 fully saturated rings. The second-order valence-corrected chi connectivity index (χ2v) is 11.9. The van der Waals surface area contributed by atoms with Crippen molar-refractivity contribution in [3.05, 3.63) is 64.2 Å². The number of thiophene rings is 1. The van der Waals surface area contributed by atoms with Crippen molar-refractivity contribution in [3.8, 4) is 11.3 Å². The van der Waals surface area contributed by atoms with Crippen LogP contribution in [0.4, 0.5) is 0 Å². The lowest BCUT2D eigenvalue weighted by Gasteiger charge is -2.32. The summed E-state index contributed by atoms with van der Waals surface area (Å²) in [6.07, 6.45) is 3.45. The van der Waals surface area contributed by atoms with E-state index in [9.17, 15) is 13.2 Å². The smallest absolute Gasteiger partial charge is 0.253 e. The van der Waals surface area contributed by atoms with E-state index in [1.807, 2.05) is 17.5 Å². The fourth-order valence-electron chi connectivity index (χ4n) is 3.49. The van der Waals surface area contributed by atoms with Crippen molar-refractivity contribution in [3.63, 3.8) is 0 Å². The monoisotopic (exact) mass is 504 g/mol. The highest BCUT2D eigenvalue weighted by molar-refractivity contribution is 7.91. The van der Waals surface area contributed by atoms with Gasteiger partial charge in [0, 0.05) is 46.1 Å². The Morgan fingerprint density at radius 3 is 2.81 bits per heavy atom. The Kier molecular flexibility index (Phi) is 5.72. The molecular weight excluding hydrogens is 488 g/mol. The molecule has 5 rings (SSSR count).